The maximum Gasteiger partial charge on any atom is 0.253 e. The second-order valence-electron chi connectivity index (χ2n) is 10.4. The van der Waals surface area contributed by atoms with Gasteiger partial charge in [0.1, 0.15) is 24.1 Å². The van der Waals surface area contributed by atoms with Crippen LogP contribution in [0.3, 0.4) is 0 Å². The molecule has 5 rings (SSSR count). The largest absolute Gasteiger partial charge is 0.378 e. The topological polar surface area (TPSA) is 59.1 Å². The van der Waals surface area contributed by atoms with Crippen molar-refractivity contribution in [3.05, 3.63) is 105 Å². The van der Waals surface area contributed by atoms with Gasteiger partial charge < -0.3 is 19.3 Å². The van der Waals surface area contributed by atoms with Crippen LogP contribution in [0.5, 0.6) is 0 Å². The van der Waals surface area contributed by atoms with Gasteiger partial charge in [-0.05, 0) is 59.5 Å². The fourth-order valence-electron chi connectivity index (χ4n) is 5.63. The van der Waals surface area contributed by atoms with E-state index in [9.17, 15) is 14.0 Å². The van der Waals surface area contributed by atoms with E-state index in [2.05, 4.69) is 0 Å². The lowest BCUT2D eigenvalue weighted by Crippen LogP contribution is -2.60. The van der Waals surface area contributed by atoms with Crippen LogP contribution in [0, 0.1) is 5.82 Å². The monoisotopic (exact) mass is 598 g/mol. The first-order chi connectivity index (χ1) is 19.9. The second kappa shape index (κ2) is 13.3. The number of carbonyl (C=O) groups excluding carboxylic acids is 2. The molecule has 4 atom stereocenters. The van der Waals surface area contributed by atoms with E-state index in [4.69, 9.17) is 32.7 Å². The summed E-state index contributed by atoms with van der Waals surface area (Å²) in [5.41, 5.74) is 2.39. The molecule has 0 unspecified atom stereocenters. The van der Waals surface area contributed by atoms with Crippen LogP contribution < -0.4 is 0 Å². The molecule has 41 heavy (non-hydrogen) atoms. The zero-order chi connectivity index (χ0) is 28.9. The standard InChI is InChI=1S/C32H33Cl2FN2O4/c1-2-3-27(31(38)36-16-18-40-19-17-36)37-29(22-6-10-24(33)11-7-22)30(23-8-12-25(34)13-9-23)41-28(32(37)39)20-21-4-14-26(35)15-5-21/h4-15,27-30H,2-3,16-20H2,1H3/t27-,28+,29-,30+/m1/s1. The Morgan fingerprint density at radius 3 is 2.10 bits per heavy atom. The number of hydrogen-bond donors (Lipinski definition) is 0. The van der Waals surface area contributed by atoms with Crippen molar-refractivity contribution in [2.45, 2.75) is 50.5 Å². The molecule has 0 spiro atoms. The Morgan fingerprint density at radius 2 is 1.51 bits per heavy atom. The Labute approximate surface area is 249 Å². The van der Waals surface area contributed by atoms with Crippen molar-refractivity contribution in [3.8, 4) is 0 Å². The van der Waals surface area contributed by atoms with E-state index in [1.807, 2.05) is 31.2 Å². The van der Waals surface area contributed by atoms with Gasteiger partial charge in [-0.3, -0.25) is 9.59 Å². The van der Waals surface area contributed by atoms with Gasteiger partial charge in [0, 0.05) is 29.6 Å². The summed E-state index contributed by atoms with van der Waals surface area (Å²) in [5.74, 6) is -0.730. The minimum Gasteiger partial charge on any atom is -0.378 e. The molecular formula is C32H33Cl2FN2O4. The summed E-state index contributed by atoms with van der Waals surface area (Å²) in [7, 11) is 0. The molecule has 9 heteroatoms. The predicted octanol–water partition coefficient (Wildman–Crippen LogP) is 6.41. The average molecular weight is 600 g/mol. The lowest BCUT2D eigenvalue weighted by molar-refractivity contribution is -0.183. The molecule has 2 heterocycles. The van der Waals surface area contributed by atoms with Gasteiger partial charge in [0.15, 0.2) is 0 Å². The van der Waals surface area contributed by atoms with Gasteiger partial charge in [-0.25, -0.2) is 4.39 Å². The first kappa shape index (κ1) is 29.5. The Bertz CT molecular complexity index is 1330. The molecule has 0 aliphatic carbocycles. The number of amides is 2. The number of ether oxygens (including phenoxy) is 2. The molecule has 0 saturated carbocycles. The predicted molar refractivity (Wildman–Crippen MR) is 156 cm³/mol. The van der Waals surface area contributed by atoms with Crippen LogP contribution in [0.1, 0.15) is 48.6 Å². The summed E-state index contributed by atoms with van der Waals surface area (Å²) in [6, 6.07) is 19.4. The van der Waals surface area contributed by atoms with Gasteiger partial charge in [0.2, 0.25) is 5.91 Å². The zero-order valence-electron chi connectivity index (χ0n) is 22.8. The molecule has 3 aromatic rings. The molecule has 2 amide bonds. The fraction of sp³-hybridized carbons (Fsp3) is 0.375. The van der Waals surface area contributed by atoms with E-state index in [1.54, 1.807) is 46.2 Å². The third kappa shape index (κ3) is 6.75. The van der Waals surface area contributed by atoms with Crippen LogP contribution in [0.4, 0.5) is 4.39 Å². The van der Waals surface area contributed by atoms with E-state index in [0.29, 0.717) is 49.2 Å². The first-order valence-electron chi connectivity index (χ1n) is 13.9. The molecule has 0 N–H and O–H groups in total. The van der Waals surface area contributed by atoms with Crippen molar-refractivity contribution in [1.82, 2.24) is 9.80 Å². The quantitative estimate of drug-likeness (QED) is 0.300. The third-order valence-electron chi connectivity index (χ3n) is 7.68. The van der Waals surface area contributed by atoms with E-state index in [1.165, 1.54) is 12.1 Å². The number of morpholine rings is 2. The maximum absolute atomic E-state index is 14.5. The highest BCUT2D eigenvalue weighted by molar-refractivity contribution is 6.30. The SMILES string of the molecule is CCC[C@H](C(=O)N1CCOCC1)N1C(=O)[C@H](Cc2ccc(F)cc2)O[C@@H](c2ccc(Cl)cc2)[C@H]1c1ccc(Cl)cc1. The fourth-order valence-corrected chi connectivity index (χ4v) is 5.89. The minimum atomic E-state index is -0.887. The zero-order valence-corrected chi connectivity index (χ0v) is 24.4. The number of rotatable bonds is 8. The highest BCUT2D eigenvalue weighted by Gasteiger charge is 2.49. The lowest BCUT2D eigenvalue weighted by Gasteiger charge is -2.48. The molecule has 0 aromatic heterocycles. The molecule has 2 saturated heterocycles. The van der Waals surface area contributed by atoms with E-state index < -0.39 is 24.3 Å². The highest BCUT2D eigenvalue weighted by atomic mass is 35.5. The highest BCUT2D eigenvalue weighted by Crippen LogP contribution is 2.45. The number of carbonyl (C=O) groups is 2. The van der Waals surface area contributed by atoms with Crippen molar-refractivity contribution in [1.29, 1.82) is 0 Å². The van der Waals surface area contributed by atoms with Crippen molar-refractivity contribution in [2.24, 2.45) is 0 Å². The second-order valence-corrected chi connectivity index (χ2v) is 11.3. The van der Waals surface area contributed by atoms with Crippen LogP contribution in [0.25, 0.3) is 0 Å². The summed E-state index contributed by atoms with van der Waals surface area (Å²) < 4.78 is 25.8. The van der Waals surface area contributed by atoms with Gasteiger partial charge in [0.25, 0.3) is 5.91 Å². The molecule has 3 aromatic carbocycles. The summed E-state index contributed by atoms with van der Waals surface area (Å²) >= 11 is 12.5. The summed E-state index contributed by atoms with van der Waals surface area (Å²) in [4.78, 5) is 32.1. The number of halogens is 3. The van der Waals surface area contributed by atoms with Crippen molar-refractivity contribution >= 4 is 35.0 Å². The summed E-state index contributed by atoms with van der Waals surface area (Å²) in [5, 5.41) is 1.14. The summed E-state index contributed by atoms with van der Waals surface area (Å²) in [6.45, 7) is 3.88. The molecule has 2 aliphatic heterocycles. The van der Waals surface area contributed by atoms with Gasteiger partial charge in [-0.15, -0.1) is 0 Å². The maximum atomic E-state index is 14.5. The number of hydrogen-bond acceptors (Lipinski definition) is 4. The average Bonchev–Trinajstić information content (AvgIpc) is 2.99. The molecule has 216 valence electrons. The van der Waals surface area contributed by atoms with E-state index >= 15 is 0 Å². The van der Waals surface area contributed by atoms with Crippen LogP contribution in [-0.2, 0) is 25.5 Å². The van der Waals surface area contributed by atoms with E-state index in [-0.39, 0.29) is 24.1 Å². The minimum absolute atomic E-state index is 0.0975. The van der Waals surface area contributed by atoms with Crippen LogP contribution in [0.15, 0.2) is 72.8 Å². The van der Waals surface area contributed by atoms with Gasteiger partial charge in [0.05, 0.1) is 19.3 Å². The third-order valence-corrected chi connectivity index (χ3v) is 8.18. The molecule has 6 nitrogen and oxygen atoms in total. The Kier molecular flexibility index (Phi) is 9.60. The number of benzene rings is 3. The Morgan fingerprint density at radius 1 is 0.927 bits per heavy atom. The normalized spacial score (nSPS) is 22.0. The molecule has 0 bridgehead atoms. The lowest BCUT2D eigenvalue weighted by atomic mass is 9.88. The number of nitrogens with zero attached hydrogens (tertiary/aromatic N) is 2. The van der Waals surface area contributed by atoms with Crippen molar-refractivity contribution < 1.29 is 23.5 Å². The van der Waals surface area contributed by atoms with Gasteiger partial charge in [-0.1, -0.05) is 72.9 Å². The van der Waals surface area contributed by atoms with Crippen LogP contribution in [0.2, 0.25) is 10.0 Å². The van der Waals surface area contributed by atoms with Crippen molar-refractivity contribution in [2.75, 3.05) is 26.3 Å². The van der Waals surface area contributed by atoms with Crippen molar-refractivity contribution in [3.63, 3.8) is 0 Å². The molecular weight excluding hydrogens is 566 g/mol. The Balaban J connectivity index is 1.62. The molecule has 2 fully saturated rings. The van der Waals surface area contributed by atoms with Crippen LogP contribution in [-0.4, -0.2) is 60.1 Å². The Hall–Kier alpha value is -2.97. The van der Waals surface area contributed by atoms with Crippen LogP contribution >= 0.6 is 23.2 Å². The van der Waals surface area contributed by atoms with E-state index in [0.717, 1.165) is 16.7 Å². The molecule has 0 radical (unpaired) electrons. The smallest absolute Gasteiger partial charge is 0.253 e. The first-order valence-corrected chi connectivity index (χ1v) is 14.7. The summed E-state index contributed by atoms with van der Waals surface area (Å²) in [6.07, 6.45) is -0.0669. The van der Waals surface area contributed by atoms with Gasteiger partial charge in [-0.2, -0.15) is 0 Å². The molecule has 2 aliphatic rings. The van der Waals surface area contributed by atoms with Gasteiger partial charge >= 0.3 is 0 Å².